The van der Waals surface area contributed by atoms with E-state index in [1.165, 1.54) is 6.26 Å². The molecule has 1 aromatic carbocycles. The summed E-state index contributed by atoms with van der Waals surface area (Å²) in [6.07, 6.45) is 3.33. The predicted molar refractivity (Wildman–Crippen MR) is 95.7 cm³/mol. The van der Waals surface area contributed by atoms with Gasteiger partial charge in [0.15, 0.2) is 5.76 Å². The molecule has 2 N–H and O–H groups in total. The molecule has 0 saturated carbocycles. The van der Waals surface area contributed by atoms with Crippen LogP contribution in [0.25, 0.3) is 11.0 Å². The highest BCUT2D eigenvalue weighted by molar-refractivity contribution is 5.94. The number of piperidine rings is 1. The summed E-state index contributed by atoms with van der Waals surface area (Å²) < 4.78 is 5.03. The molecule has 1 aliphatic heterocycles. The molecule has 134 valence electrons. The second-order valence-electron chi connectivity index (χ2n) is 6.48. The zero-order valence-corrected chi connectivity index (χ0v) is 14.3. The summed E-state index contributed by atoms with van der Waals surface area (Å²) in [4.78, 5) is 34.2. The summed E-state index contributed by atoms with van der Waals surface area (Å²) in [5.41, 5.74) is 1.95. The lowest BCUT2D eigenvalue weighted by Crippen LogP contribution is -2.44. The molecule has 1 fully saturated rings. The Balaban J connectivity index is 1.38. The number of benzene rings is 1. The summed E-state index contributed by atoms with van der Waals surface area (Å²) in [5.74, 6) is 0.834. The number of nitrogens with one attached hydrogen (secondary N) is 2. The average molecular weight is 352 g/mol. The van der Waals surface area contributed by atoms with Gasteiger partial charge >= 0.3 is 0 Å². The Hall–Kier alpha value is -3.09. The van der Waals surface area contributed by atoms with Gasteiger partial charge in [-0.1, -0.05) is 12.1 Å². The van der Waals surface area contributed by atoms with Gasteiger partial charge in [-0.05, 0) is 37.1 Å². The van der Waals surface area contributed by atoms with Gasteiger partial charge in [0.2, 0.25) is 5.91 Å². The summed E-state index contributed by atoms with van der Waals surface area (Å²) in [7, 11) is 0. The standard InChI is InChI=1S/C19H20N4O3/c24-17(11-20-19(25)16-8-4-10-26-16)23-9-3-5-13(12-23)18-21-14-6-1-2-7-15(14)22-18/h1-2,4,6-8,10,13H,3,5,9,11-12H2,(H,20,25)(H,21,22). The smallest absolute Gasteiger partial charge is 0.287 e. The molecule has 0 aliphatic carbocycles. The van der Waals surface area contributed by atoms with E-state index in [0.717, 1.165) is 29.7 Å². The summed E-state index contributed by atoms with van der Waals surface area (Å²) >= 11 is 0. The number of aromatic amines is 1. The fraction of sp³-hybridized carbons (Fsp3) is 0.316. The maximum Gasteiger partial charge on any atom is 0.287 e. The Bertz CT molecular complexity index is 883. The van der Waals surface area contributed by atoms with Crippen LogP contribution in [0.3, 0.4) is 0 Å². The molecule has 4 rings (SSSR count). The Morgan fingerprint density at radius 3 is 2.96 bits per heavy atom. The van der Waals surface area contributed by atoms with Crippen LogP contribution in [0.4, 0.5) is 0 Å². The van der Waals surface area contributed by atoms with E-state index in [1.807, 2.05) is 24.3 Å². The van der Waals surface area contributed by atoms with E-state index in [9.17, 15) is 9.59 Å². The van der Waals surface area contributed by atoms with Crippen LogP contribution in [0.15, 0.2) is 47.1 Å². The van der Waals surface area contributed by atoms with Gasteiger partial charge in [-0.25, -0.2) is 4.98 Å². The summed E-state index contributed by atoms with van der Waals surface area (Å²) in [6, 6.07) is 11.1. The molecule has 0 radical (unpaired) electrons. The molecule has 0 bridgehead atoms. The number of para-hydroxylation sites is 2. The lowest BCUT2D eigenvalue weighted by molar-refractivity contribution is -0.131. The minimum absolute atomic E-state index is 0.0353. The van der Waals surface area contributed by atoms with E-state index in [2.05, 4.69) is 15.3 Å². The zero-order valence-electron chi connectivity index (χ0n) is 14.3. The number of aromatic nitrogens is 2. The molecule has 2 aromatic heterocycles. The third-order valence-corrected chi connectivity index (χ3v) is 4.71. The van der Waals surface area contributed by atoms with Crippen molar-refractivity contribution in [3.05, 3.63) is 54.2 Å². The van der Waals surface area contributed by atoms with Crippen LogP contribution in [0, 0.1) is 0 Å². The number of rotatable bonds is 4. The van der Waals surface area contributed by atoms with E-state index in [0.29, 0.717) is 13.1 Å². The van der Waals surface area contributed by atoms with Gasteiger partial charge in [-0.15, -0.1) is 0 Å². The maximum absolute atomic E-state index is 12.5. The molecule has 0 spiro atoms. The number of nitrogens with zero attached hydrogens (tertiary/aromatic N) is 2. The number of hydrogen-bond donors (Lipinski definition) is 2. The van der Waals surface area contributed by atoms with Crippen LogP contribution >= 0.6 is 0 Å². The first kappa shape index (κ1) is 16.4. The van der Waals surface area contributed by atoms with Gasteiger partial charge in [0, 0.05) is 19.0 Å². The van der Waals surface area contributed by atoms with Crippen LogP contribution < -0.4 is 5.32 Å². The normalized spacial score (nSPS) is 17.4. The van der Waals surface area contributed by atoms with Crippen LogP contribution in [-0.2, 0) is 4.79 Å². The number of carbonyl (C=O) groups is 2. The topological polar surface area (TPSA) is 91.2 Å². The molecule has 1 aliphatic rings. The number of H-pyrrole nitrogens is 1. The molecule has 3 heterocycles. The van der Waals surface area contributed by atoms with Gasteiger partial charge in [0.05, 0.1) is 23.8 Å². The fourth-order valence-corrected chi connectivity index (χ4v) is 3.36. The molecular weight excluding hydrogens is 332 g/mol. The quantitative estimate of drug-likeness (QED) is 0.754. The number of amides is 2. The first-order valence-electron chi connectivity index (χ1n) is 8.75. The van der Waals surface area contributed by atoms with Crippen LogP contribution in [0.1, 0.15) is 35.1 Å². The maximum atomic E-state index is 12.5. The third-order valence-electron chi connectivity index (χ3n) is 4.71. The highest BCUT2D eigenvalue weighted by Gasteiger charge is 2.27. The van der Waals surface area contributed by atoms with Crippen molar-refractivity contribution in [2.75, 3.05) is 19.6 Å². The Morgan fingerprint density at radius 2 is 2.15 bits per heavy atom. The number of likely N-dealkylation sites (tertiary alicyclic amines) is 1. The largest absolute Gasteiger partial charge is 0.459 e. The van der Waals surface area contributed by atoms with Gasteiger partial charge in [-0.2, -0.15) is 0 Å². The van der Waals surface area contributed by atoms with E-state index in [4.69, 9.17) is 4.42 Å². The number of imidazole rings is 1. The molecule has 3 aromatic rings. The first-order chi connectivity index (χ1) is 12.7. The molecule has 2 amide bonds. The second kappa shape index (κ2) is 7.03. The van der Waals surface area contributed by atoms with Crippen molar-refractivity contribution in [1.82, 2.24) is 20.2 Å². The molecule has 26 heavy (non-hydrogen) atoms. The molecular formula is C19H20N4O3. The molecule has 7 heteroatoms. The summed E-state index contributed by atoms with van der Waals surface area (Å²) in [6.45, 7) is 1.27. The lowest BCUT2D eigenvalue weighted by atomic mass is 9.97. The number of hydrogen-bond acceptors (Lipinski definition) is 4. The van der Waals surface area contributed by atoms with Crippen LogP contribution in [0.2, 0.25) is 0 Å². The highest BCUT2D eigenvalue weighted by Crippen LogP contribution is 2.26. The summed E-state index contributed by atoms with van der Waals surface area (Å²) in [5, 5.41) is 2.61. The Morgan fingerprint density at radius 1 is 1.27 bits per heavy atom. The average Bonchev–Trinajstić information content (AvgIpc) is 3.35. The fourth-order valence-electron chi connectivity index (χ4n) is 3.36. The van der Waals surface area contributed by atoms with Crippen molar-refractivity contribution >= 4 is 22.8 Å². The van der Waals surface area contributed by atoms with Crippen molar-refractivity contribution in [2.24, 2.45) is 0 Å². The van der Waals surface area contributed by atoms with Crippen molar-refractivity contribution < 1.29 is 14.0 Å². The predicted octanol–water partition coefficient (Wildman–Crippen LogP) is 2.29. The molecule has 1 atom stereocenters. The monoisotopic (exact) mass is 352 g/mol. The minimum Gasteiger partial charge on any atom is -0.459 e. The van der Waals surface area contributed by atoms with Gasteiger partial charge in [0.25, 0.3) is 5.91 Å². The minimum atomic E-state index is -0.380. The van der Waals surface area contributed by atoms with Gasteiger partial charge in [0.1, 0.15) is 5.82 Å². The molecule has 1 saturated heterocycles. The van der Waals surface area contributed by atoms with Crippen molar-refractivity contribution in [1.29, 1.82) is 0 Å². The van der Waals surface area contributed by atoms with Gasteiger partial charge < -0.3 is 19.6 Å². The molecule has 1 unspecified atom stereocenters. The molecule has 7 nitrogen and oxygen atoms in total. The van der Waals surface area contributed by atoms with Gasteiger partial charge in [-0.3, -0.25) is 9.59 Å². The van der Waals surface area contributed by atoms with Crippen LogP contribution in [0.5, 0.6) is 0 Å². The van der Waals surface area contributed by atoms with Crippen molar-refractivity contribution in [3.63, 3.8) is 0 Å². The van der Waals surface area contributed by atoms with Crippen molar-refractivity contribution in [3.8, 4) is 0 Å². The number of carbonyl (C=O) groups excluding carboxylic acids is 2. The van der Waals surface area contributed by atoms with E-state index < -0.39 is 0 Å². The highest BCUT2D eigenvalue weighted by atomic mass is 16.3. The lowest BCUT2D eigenvalue weighted by Gasteiger charge is -2.31. The number of fused-ring (bicyclic) bond motifs is 1. The number of furan rings is 1. The van der Waals surface area contributed by atoms with E-state index in [1.54, 1.807) is 17.0 Å². The van der Waals surface area contributed by atoms with Crippen molar-refractivity contribution in [2.45, 2.75) is 18.8 Å². The van der Waals surface area contributed by atoms with E-state index in [-0.39, 0.29) is 30.0 Å². The van der Waals surface area contributed by atoms with Crippen LogP contribution in [-0.4, -0.2) is 46.3 Å². The first-order valence-corrected chi connectivity index (χ1v) is 8.75. The third kappa shape index (κ3) is 3.33. The zero-order chi connectivity index (χ0) is 17.9. The Kier molecular flexibility index (Phi) is 4.43. The SMILES string of the molecule is O=C(NCC(=O)N1CCCC(c2nc3ccccc3[nH]2)C1)c1ccco1. The second-order valence-corrected chi connectivity index (χ2v) is 6.48. The Labute approximate surface area is 150 Å². The van der Waals surface area contributed by atoms with E-state index >= 15 is 0 Å².